The molecule has 0 heterocycles. The van der Waals surface area contributed by atoms with E-state index < -0.39 is 0 Å². The zero-order chi connectivity index (χ0) is 7.11. The third kappa shape index (κ3) is 6.89. The van der Waals surface area contributed by atoms with E-state index in [2.05, 4.69) is 33.2 Å². The fraction of sp³-hybridized carbons (Fsp3) is 1.00. The summed E-state index contributed by atoms with van der Waals surface area (Å²) >= 11 is 2.31. The SMILES string of the molecule is CN(CCN)CCSI. The van der Waals surface area contributed by atoms with E-state index in [-0.39, 0.29) is 0 Å². The molecule has 0 aromatic rings. The van der Waals surface area contributed by atoms with Crippen molar-refractivity contribution in [1.29, 1.82) is 0 Å². The van der Waals surface area contributed by atoms with Crippen LogP contribution >= 0.6 is 30.1 Å². The lowest BCUT2D eigenvalue weighted by Gasteiger charge is -2.12. The highest BCUT2D eigenvalue weighted by Crippen LogP contribution is 2.09. The van der Waals surface area contributed by atoms with Gasteiger partial charge in [-0.1, -0.05) is 8.93 Å². The van der Waals surface area contributed by atoms with Gasteiger partial charge in [0.15, 0.2) is 0 Å². The summed E-state index contributed by atoms with van der Waals surface area (Å²) in [4.78, 5) is 2.24. The lowest BCUT2D eigenvalue weighted by Crippen LogP contribution is -2.27. The van der Waals surface area contributed by atoms with Gasteiger partial charge in [-0.3, -0.25) is 0 Å². The Morgan fingerprint density at radius 2 is 2.22 bits per heavy atom. The fourth-order valence-electron chi connectivity index (χ4n) is 0.523. The average Bonchev–Trinajstić information content (AvgIpc) is 1.85. The standard InChI is InChI=1S/C5H13IN2S/c1-8(3-2-7)4-5-9-6/h2-5,7H2,1H3. The summed E-state index contributed by atoms with van der Waals surface area (Å²) in [6.45, 7) is 2.92. The summed E-state index contributed by atoms with van der Waals surface area (Å²) in [6, 6.07) is 0. The molecule has 0 spiro atoms. The molecule has 0 aliphatic carbocycles. The third-order valence-electron chi connectivity index (χ3n) is 1.06. The Morgan fingerprint density at radius 3 is 2.67 bits per heavy atom. The molecule has 0 aliphatic rings. The molecule has 2 nitrogen and oxygen atoms in total. The first kappa shape index (κ1) is 10.0. The Hall–Kier alpha value is 1.00. The van der Waals surface area contributed by atoms with Gasteiger partial charge >= 0.3 is 0 Å². The van der Waals surface area contributed by atoms with Crippen LogP contribution in [0, 0.1) is 0 Å². The largest absolute Gasteiger partial charge is 0.329 e. The molecule has 0 saturated carbocycles. The Labute approximate surface area is 73.1 Å². The Kier molecular flexibility index (Phi) is 7.90. The second-order valence-corrected chi connectivity index (χ2v) is 4.40. The monoisotopic (exact) mass is 260 g/mol. The number of halogens is 1. The van der Waals surface area contributed by atoms with Crippen molar-refractivity contribution in [1.82, 2.24) is 4.90 Å². The van der Waals surface area contributed by atoms with E-state index in [0.29, 0.717) is 0 Å². The van der Waals surface area contributed by atoms with Crippen LogP contribution in [0.4, 0.5) is 0 Å². The molecule has 0 amide bonds. The van der Waals surface area contributed by atoms with Crippen molar-refractivity contribution in [3.8, 4) is 0 Å². The summed E-state index contributed by atoms with van der Waals surface area (Å²) in [5, 5.41) is 0. The molecule has 0 saturated heterocycles. The van der Waals surface area contributed by atoms with Gasteiger partial charge in [0, 0.05) is 25.4 Å². The molecular formula is C5H13IN2S. The summed E-state index contributed by atoms with van der Waals surface area (Å²) in [6.07, 6.45) is 0. The average molecular weight is 260 g/mol. The zero-order valence-corrected chi connectivity index (χ0v) is 8.61. The molecule has 0 atom stereocenters. The predicted molar refractivity (Wildman–Crippen MR) is 53.0 cm³/mol. The number of hydrogen-bond acceptors (Lipinski definition) is 3. The molecule has 0 radical (unpaired) electrons. The van der Waals surface area contributed by atoms with Crippen LogP contribution in [0.5, 0.6) is 0 Å². The van der Waals surface area contributed by atoms with Crippen LogP contribution in [-0.2, 0) is 0 Å². The molecule has 0 aromatic heterocycles. The van der Waals surface area contributed by atoms with Crippen molar-refractivity contribution in [2.24, 2.45) is 5.73 Å². The van der Waals surface area contributed by atoms with Gasteiger partial charge in [0.25, 0.3) is 0 Å². The number of nitrogens with zero attached hydrogens (tertiary/aromatic N) is 1. The van der Waals surface area contributed by atoms with Crippen LogP contribution in [0.15, 0.2) is 0 Å². The zero-order valence-electron chi connectivity index (χ0n) is 5.64. The molecule has 56 valence electrons. The normalized spacial score (nSPS) is 10.7. The summed E-state index contributed by atoms with van der Waals surface area (Å²) in [7, 11) is 3.94. The van der Waals surface area contributed by atoms with Gasteiger partial charge in [-0.25, -0.2) is 0 Å². The molecule has 2 N–H and O–H groups in total. The van der Waals surface area contributed by atoms with Crippen molar-refractivity contribution in [2.45, 2.75) is 0 Å². The Bertz CT molecular complexity index is 62.9. The second kappa shape index (κ2) is 7.11. The number of rotatable bonds is 5. The van der Waals surface area contributed by atoms with Crippen molar-refractivity contribution < 1.29 is 0 Å². The smallest absolute Gasteiger partial charge is 0.0161 e. The van der Waals surface area contributed by atoms with E-state index in [1.807, 2.05) is 8.93 Å². The maximum absolute atomic E-state index is 5.35. The number of likely N-dealkylation sites (N-methyl/N-ethyl adjacent to an activating group) is 1. The molecule has 9 heavy (non-hydrogen) atoms. The van der Waals surface area contributed by atoms with Crippen molar-refractivity contribution in [2.75, 3.05) is 32.4 Å². The highest BCUT2D eigenvalue weighted by molar-refractivity contribution is 14.2. The van der Waals surface area contributed by atoms with E-state index in [9.17, 15) is 0 Å². The van der Waals surface area contributed by atoms with Gasteiger partial charge in [0.05, 0.1) is 0 Å². The van der Waals surface area contributed by atoms with E-state index >= 15 is 0 Å². The van der Waals surface area contributed by atoms with Gasteiger partial charge in [0.2, 0.25) is 0 Å². The quantitative estimate of drug-likeness (QED) is 0.746. The summed E-state index contributed by atoms with van der Waals surface area (Å²) in [5.41, 5.74) is 5.35. The highest BCUT2D eigenvalue weighted by atomic mass is 127. The van der Waals surface area contributed by atoms with Crippen LogP contribution in [0.2, 0.25) is 0 Å². The molecule has 0 bridgehead atoms. The minimum atomic E-state index is 0.766. The molecule has 0 fully saturated rings. The minimum absolute atomic E-state index is 0.766. The third-order valence-corrected chi connectivity index (χ3v) is 2.72. The van der Waals surface area contributed by atoms with Crippen LogP contribution in [0.1, 0.15) is 0 Å². The lowest BCUT2D eigenvalue weighted by atomic mass is 10.5. The fourth-order valence-corrected chi connectivity index (χ4v) is 1.49. The summed E-state index contributed by atoms with van der Waals surface area (Å²) < 4.78 is 0. The number of nitrogens with two attached hydrogens (primary N) is 1. The first-order valence-electron chi connectivity index (χ1n) is 2.93. The van der Waals surface area contributed by atoms with Crippen molar-refractivity contribution in [3.63, 3.8) is 0 Å². The molecule has 0 rings (SSSR count). The molecule has 0 aliphatic heterocycles. The van der Waals surface area contributed by atoms with E-state index in [4.69, 9.17) is 5.73 Å². The maximum Gasteiger partial charge on any atom is 0.0161 e. The van der Waals surface area contributed by atoms with Crippen LogP contribution in [-0.4, -0.2) is 37.3 Å². The topological polar surface area (TPSA) is 29.3 Å². The van der Waals surface area contributed by atoms with Crippen LogP contribution in [0.3, 0.4) is 0 Å². The van der Waals surface area contributed by atoms with Gasteiger partial charge in [-0.05, 0) is 28.3 Å². The van der Waals surface area contributed by atoms with Crippen LogP contribution < -0.4 is 5.73 Å². The second-order valence-electron chi connectivity index (χ2n) is 1.91. The van der Waals surface area contributed by atoms with Gasteiger partial charge in [-0.15, -0.1) is 0 Å². The van der Waals surface area contributed by atoms with Crippen molar-refractivity contribution >= 4 is 30.1 Å². The molecule has 4 heteroatoms. The minimum Gasteiger partial charge on any atom is -0.329 e. The first-order chi connectivity index (χ1) is 4.31. The van der Waals surface area contributed by atoms with E-state index in [0.717, 1.165) is 19.6 Å². The van der Waals surface area contributed by atoms with Gasteiger partial charge < -0.3 is 10.6 Å². The Morgan fingerprint density at radius 1 is 1.56 bits per heavy atom. The number of hydrogen-bond donors (Lipinski definition) is 1. The lowest BCUT2D eigenvalue weighted by molar-refractivity contribution is 0.366. The van der Waals surface area contributed by atoms with E-state index in [1.165, 1.54) is 5.75 Å². The van der Waals surface area contributed by atoms with E-state index in [1.54, 1.807) is 0 Å². The summed E-state index contributed by atoms with van der Waals surface area (Å²) in [5.74, 6) is 1.19. The molecular weight excluding hydrogens is 247 g/mol. The highest BCUT2D eigenvalue weighted by Gasteiger charge is 1.93. The first-order valence-corrected chi connectivity index (χ1v) is 6.46. The molecule has 0 unspecified atom stereocenters. The van der Waals surface area contributed by atoms with Gasteiger partial charge in [0.1, 0.15) is 0 Å². The Balaban J connectivity index is 2.95. The predicted octanol–water partition coefficient (Wildman–Crippen LogP) is 0.960. The van der Waals surface area contributed by atoms with Crippen molar-refractivity contribution in [3.05, 3.63) is 0 Å². The molecule has 0 aromatic carbocycles. The van der Waals surface area contributed by atoms with Crippen LogP contribution in [0.25, 0.3) is 0 Å². The van der Waals surface area contributed by atoms with Gasteiger partial charge in [-0.2, -0.15) is 0 Å². The maximum atomic E-state index is 5.35.